The maximum Gasteiger partial charge on any atom is 0.276 e. The van der Waals surface area contributed by atoms with Crippen molar-refractivity contribution in [1.29, 1.82) is 0 Å². The van der Waals surface area contributed by atoms with Gasteiger partial charge in [0.25, 0.3) is 5.91 Å². The Hall–Kier alpha value is -2.63. The zero-order valence-corrected chi connectivity index (χ0v) is 9.69. The average molecular weight is 241 g/mol. The number of amides is 1. The van der Waals surface area contributed by atoms with Gasteiger partial charge in [-0.05, 0) is 31.2 Å². The maximum atomic E-state index is 11.9. The molecule has 0 saturated carbocycles. The molecule has 1 amide bonds. The zero-order valence-electron chi connectivity index (χ0n) is 9.69. The molecule has 3 rings (SSSR count). The van der Waals surface area contributed by atoms with Gasteiger partial charge in [-0.1, -0.05) is 0 Å². The van der Waals surface area contributed by atoms with Gasteiger partial charge in [-0.15, -0.1) is 0 Å². The summed E-state index contributed by atoms with van der Waals surface area (Å²) in [5, 5.41) is 17.2. The zero-order chi connectivity index (χ0) is 12.5. The standard InChI is InChI=1S/C12H11N5O/c1-7-4-11(17-15-7)12(18)14-9-2-3-10-8(5-9)6-13-16-10/h2-6H,1H3,(H,13,16)(H,14,18)(H,15,17). The third-order valence-corrected chi connectivity index (χ3v) is 2.64. The number of hydrogen-bond acceptors (Lipinski definition) is 3. The first-order chi connectivity index (χ1) is 8.72. The highest BCUT2D eigenvalue weighted by Crippen LogP contribution is 2.17. The lowest BCUT2D eigenvalue weighted by Gasteiger charge is -2.02. The Kier molecular flexibility index (Phi) is 2.33. The summed E-state index contributed by atoms with van der Waals surface area (Å²) in [5.41, 5.74) is 2.88. The Labute approximate surface area is 102 Å². The summed E-state index contributed by atoms with van der Waals surface area (Å²) >= 11 is 0. The molecule has 3 aromatic rings. The van der Waals surface area contributed by atoms with Gasteiger partial charge in [-0.25, -0.2) is 0 Å². The van der Waals surface area contributed by atoms with Gasteiger partial charge >= 0.3 is 0 Å². The number of nitrogens with zero attached hydrogens (tertiary/aromatic N) is 2. The van der Waals surface area contributed by atoms with E-state index >= 15 is 0 Å². The molecule has 0 aliphatic carbocycles. The van der Waals surface area contributed by atoms with Crippen molar-refractivity contribution in [2.24, 2.45) is 0 Å². The Morgan fingerprint density at radius 3 is 2.94 bits per heavy atom. The first kappa shape index (κ1) is 10.5. The molecule has 2 heterocycles. The minimum absolute atomic E-state index is 0.234. The summed E-state index contributed by atoms with van der Waals surface area (Å²) in [6, 6.07) is 7.24. The topological polar surface area (TPSA) is 86.5 Å². The van der Waals surface area contributed by atoms with Gasteiger partial charge in [0.1, 0.15) is 0 Å². The molecule has 0 aliphatic heterocycles. The van der Waals surface area contributed by atoms with E-state index in [4.69, 9.17) is 0 Å². The van der Waals surface area contributed by atoms with Crippen LogP contribution in [0, 0.1) is 6.92 Å². The van der Waals surface area contributed by atoms with Crippen LogP contribution in [0.15, 0.2) is 30.5 Å². The number of aryl methyl sites for hydroxylation is 1. The minimum atomic E-state index is -0.234. The number of carbonyl (C=O) groups excluding carboxylic acids is 1. The van der Waals surface area contributed by atoms with E-state index in [1.165, 1.54) is 0 Å². The third kappa shape index (κ3) is 1.84. The Morgan fingerprint density at radius 2 is 2.17 bits per heavy atom. The van der Waals surface area contributed by atoms with E-state index in [1.807, 2.05) is 25.1 Å². The SMILES string of the molecule is Cc1cc(C(=O)Nc2ccc3[nH]ncc3c2)n[nH]1. The van der Waals surface area contributed by atoms with Crippen molar-refractivity contribution in [2.45, 2.75) is 6.92 Å². The van der Waals surface area contributed by atoms with E-state index in [9.17, 15) is 4.79 Å². The van der Waals surface area contributed by atoms with Crippen molar-refractivity contribution in [3.05, 3.63) is 41.9 Å². The molecule has 90 valence electrons. The van der Waals surface area contributed by atoms with Gasteiger partial charge < -0.3 is 5.32 Å². The third-order valence-electron chi connectivity index (χ3n) is 2.64. The fourth-order valence-corrected chi connectivity index (χ4v) is 1.75. The van der Waals surface area contributed by atoms with Crippen molar-refractivity contribution in [3.8, 4) is 0 Å². The van der Waals surface area contributed by atoms with Gasteiger partial charge in [-0.2, -0.15) is 10.2 Å². The predicted octanol–water partition coefficient (Wildman–Crippen LogP) is 1.85. The first-order valence-corrected chi connectivity index (χ1v) is 5.49. The molecule has 0 bridgehead atoms. The van der Waals surface area contributed by atoms with E-state index < -0.39 is 0 Å². The summed E-state index contributed by atoms with van der Waals surface area (Å²) in [6.07, 6.45) is 1.71. The first-order valence-electron chi connectivity index (χ1n) is 5.49. The molecular weight excluding hydrogens is 230 g/mol. The van der Waals surface area contributed by atoms with Gasteiger partial charge in [0.2, 0.25) is 0 Å². The summed E-state index contributed by atoms with van der Waals surface area (Å²) < 4.78 is 0. The normalized spacial score (nSPS) is 10.7. The van der Waals surface area contributed by atoms with Gasteiger partial charge in [-0.3, -0.25) is 15.0 Å². The van der Waals surface area contributed by atoms with E-state index in [1.54, 1.807) is 12.3 Å². The Morgan fingerprint density at radius 1 is 1.28 bits per heavy atom. The predicted molar refractivity (Wildman–Crippen MR) is 67.4 cm³/mol. The molecule has 0 radical (unpaired) electrons. The highest BCUT2D eigenvalue weighted by atomic mass is 16.1. The molecule has 2 aromatic heterocycles. The van der Waals surface area contributed by atoms with E-state index in [0.29, 0.717) is 5.69 Å². The van der Waals surface area contributed by atoms with Crippen LogP contribution in [0.5, 0.6) is 0 Å². The second-order valence-corrected chi connectivity index (χ2v) is 4.06. The molecule has 6 nitrogen and oxygen atoms in total. The van der Waals surface area contributed by atoms with Crippen LogP contribution in [-0.4, -0.2) is 26.3 Å². The number of carbonyl (C=O) groups is 1. The summed E-state index contributed by atoms with van der Waals surface area (Å²) in [4.78, 5) is 11.9. The van der Waals surface area contributed by atoms with Crippen LogP contribution < -0.4 is 5.32 Å². The van der Waals surface area contributed by atoms with Gasteiger partial charge in [0.15, 0.2) is 5.69 Å². The maximum absolute atomic E-state index is 11.9. The molecule has 18 heavy (non-hydrogen) atoms. The van der Waals surface area contributed by atoms with Gasteiger partial charge in [0.05, 0.1) is 11.7 Å². The highest BCUT2D eigenvalue weighted by molar-refractivity contribution is 6.03. The van der Waals surface area contributed by atoms with Crippen molar-refractivity contribution in [1.82, 2.24) is 20.4 Å². The second kappa shape index (κ2) is 3.99. The van der Waals surface area contributed by atoms with Gasteiger partial charge in [0, 0.05) is 16.8 Å². The number of fused-ring (bicyclic) bond motifs is 1. The molecule has 0 atom stereocenters. The molecule has 6 heteroatoms. The van der Waals surface area contributed by atoms with E-state index in [0.717, 1.165) is 22.3 Å². The molecular formula is C12H11N5O. The lowest BCUT2D eigenvalue weighted by Crippen LogP contribution is -2.12. The average Bonchev–Trinajstić information content (AvgIpc) is 2.96. The fraction of sp³-hybridized carbons (Fsp3) is 0.0833. The van der Waals surface area contributed by atoms with Crippen LogP contribution in [0.1, 0.15) is 16.2 Å². The molecule has 0 spiro atoms. The lowest BCUT2D eigenvalue weighted by atomic mass is 10.2. The number of aromatic nitrogens is 4. The van der Waals surface area contributed by atoms with Crippen molar-refractivity contribution in [3.63, 3.8) is 0 Å². The Bertz CT molecular complexity index is 712. The van der Waals surface area contributed by atoms with Crippen LogP contribution in [0.2, 0.25) is 0 Å². The molecule has 0 unspecified atom stereocenters. The van der Waals surface area contributed by atoms with E-state index in [2.05, 4.69) is 25.7 Å². The number of benzene rings is 1. The second-order valence-electron chi connectivity index (χ2n) is 4.06. The Balaban J connectivity index is 1.85. The number of nitrogens with one attached hydrogen (secondary N) is 3. The molecule has 0 aliphatic rings. The molecule has 0 fully saturated rings. The van der Waals surface area contributed by atoms with E-state index in [-0.39, 0.29) is 5.91 Å². The van der Waals surface area contributed by atoms with Crippen molar-refractivity contribution < 1.29 is 4.79 Å². The number of aromatic amines is 2. The molecule has 0 saturated heterocycles. The highest BCUT2D eigenvalue weighted by Gasteiger charge is 2.09. The van der Waals surface area contributed by atoms with Crippen molar-refractivity contribution in [2.75, 3.05) is 5.32 Å². The largest absolute Gasteiger partial charge is 0.321 e. The van der Waals surface area contributed by atoms with Crippen LogP contribution in [0.4, 0.5) is 5.69 Å². The minimum Gasteiger partial charge on any atom is -0.321 e. The monoisotopic (exact) mass is 241 g/mol. The number of rotatable bonds is 2. The summed E-state index contributed by atoms with van der Waals surface area (Å²) in [6.45, 7) is 1.85. The molecule has 1 aromatic carbocycles. The smallest absolute Gasteiger partial charge is 0.276 e. The quantitative estimate of drug-likeness (QED) is 0.639. The number of anilines is 1. The summed E-state index contributed by atoms with van der Waals surface area (Å²) in [5.74, 6) is -0.234. The van der Waals surface area contributed by atoms with Crippen LogP contribution in [0.3, 0.4) is 0 Å². The fourth-order valence-electron chi connectivity index (χ4n) is 1.75. The summed E-state index contributed by atoms with van der Waals surface area (Å²) in [7, 11) is 0. The van der Waals surface area contributed by atoms with Crippen molar-refractivity contribution >= 4 is 22.5 Å². The number of H-pyrrole nitrogens is 2. The number of hydrogen-bond donors (Lipinski definition) is 3. The van der Waals surface area contributed by atoms with Crippen LogP contribution in [-0.2, 0) is 0 Å². The van der Waals surface area contributed by atoms with Crippen LogP contribution >= 0.6 is 0 Å². The lowest BCUT2D eigenvalue weighted by molar-refractivity contribution is 0.102. The van der Waals surface area contributed by atoms with Crippen LogP contribution in [0.25, 0.3) is 10.9 Å². The molecule has 3 N–H and O–H groups in total.